The smallest absolute Gasteiger partial charge is 0.251 e. The molecule has 1 unspecified atom stereocenters. The SMILES string of the molecule is CC[C@H]1C(=O)Nc2c(C)nc(NCc3cnn(CCC4CC4(F)F)c3)nc2N1C. The van der Waals surface area contributed by atoms with E-state index in [0.29, 0.717) is 49.1 Å². The first-order valence-corrected chi connectivity index (χ1v) is 9.84. The quantitative estimate of drug-likeness (QED) is 0.737. The van der Waals surface area contributed by atoms with Crippen LogP contribution in [-0.4, -0.2) is 44.7 Å². The topological polar surface area (TPSA) is 88.0 Å². The minimum absolute atomic E-state index is 0.00844. The molecule has 0 bridgehead atoms. The highest BCUT2D eigenvalue weighted by molar-refractivity contribution is 6.03. The highest BCUT2D eigenvalue weighted by Crippen LogP contribution is 2.50. The standard InChI is InChI=1S/C19H25F2N7O/c1-4-14-17(29)25-15-11(2)24-18(26-16(15)27(14)3)22-8-12-9-23-28(10-12)6-5-13-7-19(13,20)21/h9-10,13-14H,4-8H2,1-3H3,(H,25,29)(H,22,24,26)/t13?,14-/m0/s1. The number of hydrogen-bond acceptors (Lipinski definition) is 6. The van der Waals surface area contributed by atoms with Crippen molar-refractivity contribution < 1.29 is 13.6 Å². The minimum atomic E-state index is -2.48. The van der Waals surface area contributed by atoms with Crippen LogP contribution in [0.3, 0.4) is 0 Å². The number of hydrogen-bond donors (Lipinski definition) is 2. The summed E-state index contributed by atoms with van der Waals surface area (Å²) >= 11 is 0. The fourth-order valence-corrected chi connectivity index (χ4v) is 3.70. The van der Waals surface area contributed by atoms with Gasteiger partial charge in [0.05, 0.1) is 11.9 Å². The molecule has 2 aromatic heterocycles. The normalized spacial score (nSPS) is 22.2. The van der Waals surface area contributed by atoms with Crippen molar-refractivity contribution in [3.63, 3.8) is 0 Å². The number of nitrogens with one attached hydrogen (secondary N) is 2. The molecule has 1 aliphatic heterocycles. The van der Waals surface area contributed by atoms with Crippen LogP contribution >= 0.6 is 0 Å². The number of alkyl halides is 2. The fourth-order valence-electron chi connectivity index (χ4n) is 3.70. The van der Waals surface area contributed by atoms with E-state index in [2.05, 4.69) is 25.7 Å². The van der Waals surface area contributed by atoms with Gasteiger partial charge in [-0.1, -0.05) is 6.92 Å². The molecule has 0 spiro atoms. The summed E-state index contributed by atoms with van der Waals surface area (Å²) in [6.07, 6.45) is 4.66. The lowest BCUT2D eigenvalue weighted by Crippen LogP contribution is -2.46. The molecule has 0 radical (unpaired) electrons. The Kier molecular flexibility index (Phi) is 4.87. The van der Waals surface area contributed by atoms with Crippen LogP contribution in [0.2, 0.25) is 0 Å². The Morgan fingerprint density at radius 1 is 1.38 bits per heavy atom. The third-order valence-electron chi connectivity index (χ3n) is 5.61. The van der Waals surface area contributed by atoms with Crippen molar-refractivity contribution in [3.8, 4) is 0 Å². The fraction of sp³-hybridized carbons (Fsp3) is 0.579. The van der Waals surface area contributed by atoms with E-state index < -0.39 is 11.8 Å². The number of anilines is 3. The van der Waals surface area contributed by atoms with Gasteiger partial charge in [-0.05, 0) is 19.8 Å². The molecule has 156 valence electrons. The molecule has 2 aromatic rings. The van der Waals surface area contributed by atoms with E-state index in [0.717, 1.165) is 5.56 Å². The minimum Gasteiger partial charge on any atom is -0.350 e. The maximum atomic E-state index is 13.0. The van der Waals surface area contributed by atoms with Crippen molar-refractivity contribution in [2.45, 2.75) is 58.2 Å². The van der Waals surface area contributed by atoms with Crippen LogP contribution in [0, 0.1) is 12.8 Å². The summed E-state index contributed by atoms with van der Waals surface area (Å²) in [5.41, 5.74) is 2.24. The Hall–Kier alpha value is -2.78. The molecule has 1 saturated carbocycles. The monoisotopic (exact) mass is 405 g/mol. The van der Waals surface area contributed by atoms with Gasteiger partial charge in [-0.2, -0.15) is 10.1 Å². The van der Waals surface area contributed by atoms with Crippen LogP contribution in [0.5, 0.6) is 0 Å². The van der Waals surface area contributed by atoms with Crippen molar-refractivity contribution >= 4 is 23.4 Å². The summed E-state index contributed by atoms with van der Waals surface area (Å²) in [5, 5.41) is 10.3. The zero-order chi connectivity index (χ0) is 20.8. The second-order valence-electron chi connectivity index (χ2n) is 7.77. The molecule has 2 N–H and O–H groups in total. The Labute approximate surface area is 167 Å². The van der Waals surface area contributed by atoms with Gasteiger partial charge in [-0.25, -0.2) is 13.8 Å². The predicted molar refractivity (Wildman–Crippen MR) is 105 cm³/mol. The molecule has 0 aromatic carbocycles. The lowest BCUT2D eigenvalue weighted by molar-refractivity contribution is -0.117. The van der Waals surface area contributed by atoms with Crippen LogP contribution in [0.4, 0.5) is 26.2 Å². The summed E-state index contributed by atoms with van der Waals surface area (Å²) in [7, 11) is 1.86. The third kappa shape index (κ3) is 3.88. The van der Waals surface area contributed by atoms with Crippen molar-refractivity contribution in [1.29, 1.82) is 0 Å². The number of amides is 1. The zero-order valence-corrected chi connectivity index (χ0v) is 16.7. The van der Waals surface area contributed by atoms with Gasteiger partial charge in [0.25, 0.3) is 5.92 Å². The molecule has 8 nitrogen and oxygen atoms in total. The number of aromatic nitrogens is 4. The molecule has 1 amide bonds. The number of carbonyl (C=O) groups is 1. The molecular weight excluding hydrogens is 380 g/mol. The van der Waals surface area contributed by atoms with E-state index in [1.165, 1.54) is 0 Å². The number of nitrogens with zero attached hydrogens (tertiary/aromatic N) is 5. The number of fused-ring (bicyclic) bond motifs is 1. The molecule has 2 atom stereocenters. The number of aryl methyl sites for hydroxylation is 2. The number of carbonyl (C=O) groups excluding carboxylic acids is 1. The first-order chi connectivity index (χ1) is 13.8. The highest BCUT2D eigenvalue weighted by Gasteiger charge is 2.56. The number of likely N-dealkylation sites (N-methyl/N-ethyl adjacent to an activating group) is 1. The van der Waals surface area contributed by atoms with E-state index >= 15 is 0 Å². The maximum Gasteiger partial charge on any atom is 0.251 e. The first-order valence-electron chi connectivity index (χ1n) is 9.84. The van der Waals surface area contributed by atoms with E-state index in [1.54, 1.807) is 10.9 Å². The number of rotatable bonds is 7. The van der Waals surface area contributed by atoms with Crippen molar-refractivity contribution in [2.24, 2.45) is 5.92 Å². The van der Waals surface area contributed by atoms with E-state index in [-0.39, 0.29) is 18.4 Å². The summed E-state index contributed by atoms with van der Waals surface area (Å²) in [5.74, 6) is -1.89. The van der Waals surface area contributed by atoms with Gasteiger partial charge in [-0.3, -0.25) is 9.48 Å². The second-order valence-corrected chi connectivity index (χ2v) is 7.77. The van der Waals surface area contributed by atoms with Crippen molar-refractivity contribution in [3.05, 3.63) is 23.7 Å². The van der Waals surface area contributed by atoms with Crippen LogP contribution < -0.4 is 15.5 Å². The lowest BCUT2D eigenvalue weighted by atomic mass is 10.1. The van der Waals surface area contributed by atoms with Gasteiger partial charge >= 0.3 is 0 Å². The average molecular weight is 405 g/mol. The van der Waals surface area contributed by atoms with Gasteiger partial charge in [0.2, 0.25) is 11.9 Å². The molecule has 3 heterocycles. The lowest BCUT2D eigenvalue weighted by Gasteiger charge is -2.34. The Morgan fingerprint density at radius 2 is 2.14 bits per heavy atom. The van der Waals surface area contributed by atoms with Crippen LogP contribution in [0.1, 0.15) is 37.4 Å². The molecule has 0 saturated heterocycles. The first kappa shape index (κ1) is 19.5. The molecular formula is C19H25F2N7O. The third-order valence-corrected chi connectivity index (χ3v) is 5.61. The van der Waals surface area contributed by atoms with E-state index in [9.17, 15) is 13.6 Å². The Morgan fingerprint density at radius 3 is 2.83 bits per heavy atom. The summed E-state index contributed by atoms with van der Waals surface area (Å²) in [6, 6.07) is -0.262. The summed E-state index contributed by atoms with van der Waals surface area (Å²) < 4.78 is 27.7. The van der Waals surface area contributed by atoms with E-state index in [1.807, 2.05) is 32.0 Å². The molecule has 1 aliphatic carbocycles. The Balaban J connectivity index is 1.40. The van der Waals surface area contributed by atoms with Gasteiger partial charge in [0, 0.05) is 44.2 Å². The molecule has 4 rings (SSSR count). The van der Waals surface area contributed by atoms with Gasteiger partial charge in [0.15, 0.2) is 5.82 Å². The molecule has 1 fully saturated rings. The van der Waals surface area contributed by atoms with Gasteiger partial charge in [0.1, 0.15) is 11.7 Å². The molecule has 2 aliphatic rings. The Bertz CT molecular complexity index is 929. The predicted octanol–water partition coefficient (Wildman–Crippen LogP) is 2.81. The second kappa shape index (κ2) is 7.23. The zero-order valence-electron chi connectivity index (χ0n) is 16.7. The van der Waals surface area contributed by atoms with Crippen LogP contribution in [-0.2, 0) is 17.9 Å². The summed E-state index contributed by atoms with van der Waals surface area (Å²) in [6.45, 7) is 4.74. The molecule has 10 heteroatoms. The van der Waals surface area contributed by atoms with Gasteiger partial charge < -0.3 is 15.5 Å². The van der Waals surface area contributed by atoms with Crippen LogP contribution in [0.15, 0.2) is 12.4 Å². The molecule has 29 heavy (non-hydrogen) atoms. The summed E-state index contributed by atoms with van der Waals surface area (Å²) in [4.78, 5) is 23.1. The number of halogens is 2. The van der Waals surface area contributed by atoms with Crippen molar-refractivity contribution in [1.82, 2.24) is 19.7 Å². The highest BCUT2D eigenvalue weighted by atomic mass is 19.3. The average Bonchev–Trinajstić information content (AvgIpc) is 3.06. The van der Waals surface area contributed by atoms with Crippen LogP contribution in [0.25, 0.3) is 0 Å². The van der Waals surface area contributed by atoms with Gasteiger partial charge in [-0.15, -0.1) is 0 Å². The van der Waals surface area contributed by atoms with Crippen molar-refractivity contribution in [2.75, 3.05) is 22.6 Å². The van der Waals surface area contributed by atoms with E-state index in [4.69, 9.17) is 0 Å². The largest absolute Gasteiger partial charge is 0.350 e. The maximum absolute atomic E-state index is 13.0.